The van der Waals surface area contributed by atoms with Crippen LogP contribution in [0, 0.1) is 19.7 Å². The van der Waals surface area contributed by atoms with Crippen LogP contribution in [-0.4, -0.2) is 16.1 Å². The Morgan fingerprint density at radius 2 is 2.21 bits per heavy atom. The van der Waals surface area contributed by atoms with E-state index in [-0.39, 0.29) is 11.7 Å². The fraction of sp³-hybridized carbons (Fsp3) is 0.143. The van der Waals surface area contributed by atoms with Crippen LogP contribution in [0.5, 0.6) is 0 Å². The lowest BCUT2D eigenvalue weighted by atomic mass is 10.2. The Morgan fingerprint density at radius 3 is 2.84 bits per heavy atom. The van der Waals surface area contributed by atoms with Crippen molar-refractivity contribution in [1.82, 2.24) is 10.2 Å². The molecule has 0 aliphatic rings. The summed E-state index contributed by atoms with van der Waals surface area (Å²) in [6.45, 7) is 3.63. The van der Waals surface area contributed by atoms with E-state index in [1.54, 1.807) is 25.1 Å². The van der Waals surface area contributed by atoms with Gasteiger partial charge in [0.2, 0.25) is 5.91 Å². The van der Waals surface area contributed by atoms with E-state index in [0.717, 1.165) is 11.4 Å². The maximum absolute atomic E-state index is 13.0. The molecule has 0 fully saturated rings. The summed E-state index contributed by atoms with van der Waals surface area (Å²) >= 11 is 0. The first-order valence-electron chi connectivity index (χ1n) is 5.82. The molecule has 0 atom stereocenters. The molecular weight excluding hydrogens is 245 g/mol. The Hall–Kier alpha value is -2.43. The summed E-state index contributed by atoms with van der Waals surface area (Å²) in [7, 11) is 0. The lowest BCUT2D eigenvalue weighted by molar-refractivity contribution is -0.111. The Bertz CT molecular complexity index is 612. The molecule has 1 amide bonds. The zero-order valence-corrected chi connectivity index (χ0v) is 10.7. The van der Waals surface area contributed by atoms with Gasteiger partial charge in [-0.05, 0) is 37.6 Å². The number of rotatable bonds is 3. The SMILES string of the molecule is Cc1n[nH]c(C)c1NC(=O)/C=C/c1cccc(F)c1. The van der Waals surface area contributed by atoms with Crippen LogP contribution >= 0.6 is 0 Å². The molecule has 98 valence electrons. The highest BCUT2D eigenvalue weighted by molar-refractivity contribution is 6.02. The zero-order valence-electron chi connectivity index (χ0n) is 10.7. The Morgan fingerprint density at radius 1 is 1.42 bits per heavy atom. The van der Waals surface area contributed by atoms with Gasteiger partial charge in [-0.15, -0.1) is 0 Å². The van der Waals surface area contributed by atoms with Crippen molar-refractivity contribution in [3.05, 3.63) is 53.1 Å². The molecule has 0 aliphatic carbocycles. The van der Waals surface area contributed by atoms with Gasteiger partial charge in [0.15, 0.2) is 0 Å². The summed E-state index contributed by atoms with van der Waals surface area (Å²) in [6.07, 6.45) is 2.92. The number of hydrogen-bond acceptors (Lipinski definition) is 2. The number of anilines is 1. The highest BCUT2D eigenvalue weighted by Gasteiger charge is 2.07. The number of amides is 1. The van der Waals surface area contributed by atoms with Crippen LogP contribution in [0.2, 0.25) is 0 Å². The number of aryl methyl sites for hydroxylation is 2. The maximum atomic E-state index is 13.0. The smallest absolute Gasteiger partial charge is 0.248 e. The third-order valence-corrected chi connectivity index (χ3v) is 2.65. The number of benzene rings is 1. The largest absolute Gasteiger partial charge is 0.319 e. The number of aromatic amines is 1. The fourth-order valence-corrected chi connectivity index (χ4v) is 1.68. The van der Waals surface area contributed by atoms with Crippen molar-refractivity contribution in [3.8, 4) is 0 Å². The minimum Gasteiger partial charge on any atom is -0.319 e. The topological polar surface area (TPSA) is 57.8 Å². The van der Waals surface area contributed by atoms with Gasteiger partial charge in [-0.25, -0.2) is 4.39 Å². The molecule has 2 aromatic rings. The monoisotopic (exact) mass is 259 g/mol. The third-order valence-electron chi connectivity index (χ3n) is 2.65. The van der Waals surface area contributed by atoms with Gasteiger partial charge in [0, 0.05) is 6.08 Å². The van der Waals surface area contributed by atoms with E-state index in [9.17, 15) is 9.18 Å². The minimum atomic E-state index is -0.330. The van der Waals surface area contributed by atoms with E-state index in [2.05, 4.69) is 15.5 Å². The third kappa shape index (κ3) is 3.28. The van der Waals surface area contributed by atoms with E-state index < -0.39 is 0 Å². The number of nitrogens with one attached hydrogen (secondary N) is 2. The van der Waals surface area contributed by atoms with Crippen molar-refractivity contribution >= 4 is 17.7 Å². The van der Waals surface area contributed by atoms with E-state index >= 15 is 0 Å². The van der Waals surface area contributed by atoms with Gasteiger partial charge in [-0.1, -0.05) is 12.1 Å². The van der Waals surface area contributed by atoms with Crippen LogP contribution in [-0.2, 0) is 4.79 Å². The van der Waals surface area contributed by atoms with Gasteiger partial charge in [0.1, 0.15) is 5.82 Å². The van der Waals surface area contributed by atoms with Gasteiger partial charge >= 0.3 is 0 Å². The van der Waals surface area contributed by atoms with Crippen molar-refractivity contribution in [2.45, 2.75) is 13.8 Å². The van der Waals surface area contributed by atoms with Gasteiger partial charge in [0.05, 0.1) is 17.1 Å². The molecule has 0 radical (unpaired) electrons. The summed E-state index contributed by atoms with van der Waals surface area (Å²) in [5.74, 6) is -0.610. The first kappa shape index (κ1) is 13.0. The molecule has 2 N–H and O–H groups in total. The summed E-state index contributed by atoms with van der Waals surface area (Å²) in [4.78, 5) is 11.7. The van der Waals surface area contributed by atoms with Gasteiger partial charge < -0.3 is 5.32 Å². The molecule has 5 heteroatoms. The fourth-order valence-electron chi connectivity index (χ4n) is 1.68. The second-order valence-electron chi connectivity index (χ2n) is 4.19. The minimum absolute atomic E-state index is 0.281. The quantitative estimate of drug-likeness (QED) is 0.833. The lowest BCUT2D eigenvalue weighted by Gasteiger charge is -2.01. The number of nitrogens with zero attached hydrogens (tertiary/aromatic N) is 1. The number of halogens is 1. The lowest BCUT2D eigenvalue weighted by Crippen LogP contribution is -2.09. The molecule has 1 aromatic carbocycles. The van der Waals surface area contributed by atoms with E-state index in [4.69, 9.17) is 0 Å². The van der Waals surface area contributed by atoms with Crippen LogP contribution in [0.25, 0.3) is 6.08 Å². The van der Waals surface area contributed by atoms with Crippen LogP contribution in [0.4, 0.5) is 10.1 Å². The summed E-state index contributed by atoms with van der Waals surface area (Å²) < 4.78 is 13.0. The Labute approximate surface area is 110 Å². The van der Waals surface area contributed by atoms with Gasteiger partial charge in [-0.3, -0.25) is 9.89 Å². The summed E-state index contributed by atoms with van der Waals surface area (Å²) in [5, 5.41) is 9.50. The predicted octanol–water partition coefficient (Wildman–Crippen LogP) is 2.82. The van der Waals surface area contributed by atoms with Gasteiger partial charge in [-0.2, -0.15) is 5.10 Å². The maximum Gasteiger partial charge on any atom is 0.248 e. The van der Waals surface area contributed by atoms with Crippen molar-refractivity contribution in [2.75, 3.05) is 5.32 Å². The molecule has 0 saturated heterocycles. The molecule has 0 aliphatic heterocycles. The molecule has 2 rings (SSSR count). The van der Waals surface area contributed by atoms with Crippen molar-refractivity contribution < 1.29 is 9.18 Å². The van der Waals surface area contributed by atoms with E-state index in [0.29, 0.717) is 11.3 Å². The molecule has 1 heterocycles. The number of aromatic nitrogens is 2. The molecule has 1 aromatic heterocycles. The van der Waals surface area contributed by atoms with Gasteiger partial charge in [0.25, 0.3) is 0 Å². The number of carbonyl (C=O) groups is 1. The van der Waals surface area contributed by atoms with Crippen LogP contribution in [0.1, 0.15) is 17.0 Å². The van der Waals surface area contributed by atoms with Crippen LogP contribution in [0.15, 0.2) is 30.3 Å². The molecule has 0 bridgehead atoms. The molecular formula is C14H14FN3O. The molecule has 0 spiro atoms. The highest BCUT2D eigenvalue weighted by atomic mass is 19.1. The predicted molar refractivity (Wildman–Crippen MR) is 72.1 cm³/mol. The van der Waals surface area contributed by atoms with Crippen molar-refractivity contribution in [2.24, 2.45) is 0 Å². The number of hydrogen-bond donors (Lipinski definition) is 2. The van der Waals surface area contributed by atoms with Crippen molar-refractivity contribution in [1.29, 1.82) is 0 Å². The standard InChI is InChI=1S/C14H14FN3O/c1-9-14(10(2)18-17-9)16-13(19)7-6-11-4-3-5-12(15)8-11/h3-8H,1-2H3,(H,16,19)(H,17,18)/b7-6+. The van der Waals surface area contributed by atoms with Crippen LogP contribution < -0.4 is 5.32 Å². The molecule has 0 unspecified atom stereocenters. The van der Waals surface area contributed by atoms with Crippen LogP contribution in [0.3, 0.4) is 0 Å². The summed E-state index contributed by atoms with van der Waals surface area (Å²) in [5.41, 5.74) is 2.83. The van der Waals surface area contributed by atoms with E-state index in [1.807, 2.05) is 6.92 Å². The Kier molecular flexibility index (Phi) is 3.75. The Balaban J connectivity index is 2.06. The average Bonchev–Trinajstić information content (AvgIpc) is 2.68. The molecule has 19 heavy (non-hydrogen) atoms. The second-order valence-corrected chi connectivity index (χ2v) is 4.19. The molecule has 4 nitrogen and oxygen atoms in total. The number of H-pyrrole nitrogens is 1. The first-order chi connectivity index (χ1) is 9.06. The van der Waals surface area contributed by atoms with Crippen molar-refractivity contribution in [3.63, 3.8) is 0 Å². The summed E-state index contributed by atoms with van der Waals surface area (Å²) in [6, 6.07) is 6.03. The zero-order chi connectivity index (χ0) is 13.8. The number of carbonyl (C=O) groups excluding carboxylic acids is 1. The average molecular weight is 259 g/mol. The normalized spacial score (nSPS) is 10.9. The first-order valence-corrected chi connectivity index (χ1v) is 5.82. The molecule has 0 saturated carbocycles. The van der Waals surface area contributed by atoms with E-state index in [1.165, 1.54) is 18.2 Å². The highest BCUT2D eigenvalue weighted by Crippen LogP contribution is 2.16. The second kappa shape index (κ2) is 5.48.